The van der Waals surface area contributed by atoms with Gasteiger partial charge >= 0.3 is 6.18 Å². The molecule has 1 amide bonds. The van der Waals surface area contributed by atoms with Gasteiger partial charge in [0.2, 0.25) is 5.91 Å². The first kappa shape index (κ1) is 18.5. The molecule has 136 valence electrons. The van der Waals surface area contributed by atoms with E-state index in [1.807, 2.05) is 12.3 Å². The van der Waals surface area contributed by atoms with Crippen molar-refractivity contribution in [1.29, 1.82) is 0 Å². The van der Waals surface area contributed by atoms with Gasteiger partial charge in [-0.1, -0.05) is 17.8 Å². The number of benzene rings is 1. The maximum Gasteiger partial charge on any atom is 0.416 e. The molecule has 3 aromatic rings. The second-order valence-corrected chi connectivity index (χ2v) is 7.06. The number of carbonyl (C=O) groups excluding carboxylic acids is 1. The summed E-state index contributed by atoms with van der Waals surface area (Å²) in [6.45, 7) is 1.83. The molecule has 0 bridgehead atoms. The van der Waals surface area contributed by atoms with E-state index in [2.05, 4.69) is 15.3 Å². The Kier molecular flexibility index (Phi) is 5.33. The molecule has 0 radical (unpaired) electrons. The zero-order valence-electron chi connectivity index (χ0n) is 13.4. The number of alkyl halides is 3. The van der Waals surface area contributed by atoms with E-state index in [9.17, 15) is 18.0 Å². The van der Waals surface area contributed by atoms with E-state index in [4.69, 9.17) is 0 Å². The largest absolute Gasteiger partial charge is 0.416 e. The number of aryl methyl sites for hydroxylation is 1. The number of anilines is 1. The van der Waals surface area contributed by atoms with Crippen molar-refractivity contribution >= 4 is 34.1 Å². The average Bonchev–Trinajstić information content (AvgIpc) is 3.21. The van der Waals surface area contributed by atoms with Crippen LogP contribution in [0.4, 0.5) is 18.3 Å². The number of thiazole rings is 1. The molecule has 0 aliphatic heterocycles. The minimum Gasteiger partial charge on any atom is -0.301 e. The lowest BCUT2D eigenvalue weighted by atomic mass is 10.2. The Morgan fingerprint density at radius 2 is 2.19 bits per heavy atom. The highest BCUT2D eigenvalue weighted by atomic mass is 32.2. The number of nitrogens with zero attached hydrogens (tertiary/aromatic N) is 3. The van der Waals surface area contributed by atoms with Crippen LogP contribution in [-0.2, 0) is 11.0 Å². The average molecular weight is 398 g/mol. The third-order valence-electron chi connectivity index (χ3n) is 3.26. The molecule has 5 nitrogen and oxygen atoms in total. The molecule has 0 unspecified atom stereocenters. The molecule has 26 heavy (non-hydrogen) atoms. The highest BCUT2D eigenvalue weighted by Crippen LogP contribution is 2.31. The van der Waals surface area contributed by atoms with Crippen LogP contribution in [0.1, 0.15) is 11.3 Å². The van der Waals surface area contributed by atoms with Crippen LogP contribution in [0.25, 0.3) is 5.69 Å². The van der Waals surface area contributed by atoms with Crippen molar-refractivity contribution in [2.24, 2.45) is 0 Å². The van der Waals surface area contributed by atoms with Gasteiger partial charge < -0.3 is 5.32 Å². The Labute approximate surface area is 155 Å². The van der Waals surface area contributed by atoms with E-state index in [0.717, 1.165) is 29.6 Å². The summed E-state index contributed by atoms with van der Waals surface area (Å²) in [6, 6.07) is 4.95. The van der Waals surface area contributed by atoms with Crippen LogP contribution in [0.2, 0.25) is 0 Å². The lowest BCUT2D eigenvalue weighted by Gasteiger charge is -2.11. The number of amides is 1. The van der Waals surface area contributed by atoms with Crippen molar-refractivity contribution in [2.45, 2.75) is 18.3 Å². The number of thioether (sulfide) groups is 1. The van der Waals surface area contributed by atoms with Crippen molar-refractivity contribution in [3.05, 3.63) is 53.3 Å². The van der Waals surface area contributed by atoms with Gasteiger partial charge in [-0.25, -0.2) is 9.97 Å². The van der Waals surface area contributed by atoms with Gasteiger partial charge in [0, 0.05) is 23.5 Å². The topological polar surface area (TPSA) is 59.8 Å². The smallest absolute Gasteiger partial charge is 0.301 e. The van der Waals surface area contributed by atoms with Gasteiger partial charge in [-0.3, -0.25) is 9.36 Å². The number of carbonyl (C=O) groups is 1. The molecule has 0 saturated heterocycles. The molecule has 0 saturated carbocycles. The molecule has 2 heterocycles. The molecule has 0 atom stereocenters. The first-order chi connectivity index (χ1) is 12.3. The van der Waals surface area contributed by atoms with E-state index in [1.165, 1.54) is 28.2 Å². The predicted octanol–water partition coefficient (Wildman–Crippen LogP) is 4.39. The number of nitrogens with one attached hydrogen (secondary N) is 1. The van der Waals surface area contributed by atoms with Gasteiger partial charge in [-0.05, 0) is 25.1 Å². The molecular weight excluding hydrogens is 385 g/mol. The minimum atomic E-state index is -4.42. The Morgan fingerprint density at radius 3 is 2.88 bits per heavy atom. The Morgan fingerprint density at radius 1 is 1.38 bits per heavy atom. The number of hydrogen-bond donors (Lipinski definition) is 1. The number of imidazole rings is 1. The standard InChI is InChI=1S/C16H13F3N4OS2/c1-10-8-25-14(21-10)22-13(24)9-26-15-20-5-6-23(15)12-4-2-3-11(7-12)16(17,18)19/h2-8H,9H2,1H3,(H,21,22,24). The Balaban J connectivity index is 1.70. The number of halogens is 3. The van der Waals surface area contributed by atoms with Gasteiger partial charge in [0.1, 0.15) is 0 Å². The van der Waals surface area contributed by atoms with E-state index in [1.54, 1.807) is 12.3 Å². The summed E-state index contributed by atoms with van der Waals surface area (Å²) in [5, 5.41) is 5.43. The van der Waals surface area contributed by atoms with Gasteiger partial charge in [0.25, 0.3) is 0 Å². The van der Waals surface area contributed by atoms with Gasteiger partial charge in [-0.15, -0.1) is 11.3 Å². The first-order valence-corrected chi connectivity index (χ1v) is 9.25. The van der Waals surface area contributed by atoms with Gasteiger partial charge in [0.15, 0.2) is 10.3 Å². The van der Waals surface area contributed by atoms with E-state index < -0.39 is 11.7 Å². The monoisotopic (exact) mass is 398 g/mol. The Bertz CT molecular complexity index is 920. The first-order valence-electron chi connectivity index (χ1n) is 7.39. The summed E-state index contributed by atoms with van der Waals surface area (Å²) < 4.78 is 40.2. The summed E-state index contributed by atoms with van der Waals surface area (Å²) >= 11 is 2.46. The SMILES string of the molecule is Cc1csc(NC(=O)CSc2nccn2-c2cccc(C(F)(F)F)c2)n1. The zero-order valence-corrected chi connectivity index (χ0v) is 15.1. The molecule has 0 aliphatic carbocycles. The molecule has 1 aromatic carbocycles. The van der Waals surface area contributed by atoms with Crippen LogP contribution in [-0.4, -0.2) is 26.2 Å². The van der Waals surface area contributed by atoms with E-state index in [0.29, 0.717) is 16.0 Å². The summed E-state index contributed by atoms with van der Waals surface area (Å²) in [5.74, 6) is -0.197. The Hall–Kier alpha value is -2.33. The van der Waals surface area contributed by atoms with Crippen molar-refractivity contribution in [2.75, 3.05) is 11.1 Å². The highest BCUT2D eigenvalue weighted by Gasteiger charge is 2.30. The molecule has 2 aromatic heterocycles. The van der Waals surface area contributed by atoms with Crippen LogP contribution < -0.4 is 5.32 Å². The fourth-order valence-electron chi connectivity index (χ4n) is 2.12. The molecule has 3 rings (SSSR count). The lowest BCUT2D eigenvalue weighted by molar-refractivity contribution is -0.137. The van der Waals surface area contributed by atoms with Crippen LogP contribution in [0.15, 0.2) is 47.2 Å². The molecule has 0 fully saturated rings. The van der Waals surface area contributed by atoms with Crippen molar-refractivity contribution in [3.8, 4) is 5.69 Å². The fourth-order valence-corrected chi connectivity index (χ4v) is 3.60. The van der Waals surface area contributed by atoms with Crippen LogP contribution in [0.3, 0.4) is 0 Å². The molecule has 0 aliphatic rings. The van der Waals surface area contributed by atoms with Crippen molar-refractivity contribution in [3.63, 3.8) is 0 Å². The quantitative estimate of drug-likeness (QED) is 0.648. The summed E-state index contributed by atoms with van der Waals surface area (Å²) in [5.41, 5.74) is 0.408. The molecule has 10 heteroatoms. The molecule has 0 spiro atoms. The normalized spacial score (nSPS) is 11.5. The molecular formula is C16H13F3N4OS2. The molecule has 1 N–H and O–H groups in total. The third kappa shape index (κ3) is 4.44. The number of aromatic nitrogens is 3. The number of hydrogen-bond acceptors (Lipinski definition) is 5. The number of rotatable bonds is 5. The predicted molar refractivity (Wildman–Crippen MR) is 94.8 cm³/mol. The van der Waals surface area contributed by atoms with Crippen molar-refractivity contribution in [1.82, 2.24) is 14.5 Å². The van der Waals surface area contributed by atoms with Gasteiger partial charge in [-0.2, -0.15) is 13.2 Å². The maximum atomic E-state index is 12.9. The van der Waals surface area contributed by atoms with E-state index in [-0.39, 0.29) is 11.7 Å². The third-order valence-corrected chi connectivity index (χ3v) is 5.10. The highest BCUT2D eigenvalue weighted by molar-refractivity contribution is 7.99. The summed E-state index contributed by atoms with van der Waals surface area (Å²) in [4.78, 5) is 20.3. The minimum absolute atomic E-state index is 0.0641. The van der Waals surface area contributed by atoms with Crippen LogP contribution >= 0.6 is 23.1 Å². The second kappa shape index (κ2) is 7.50. The van der Waals surface area contributed by atoms with Crippen LogP contribution in [0.5, 0.6) is 0 Å². The summed E-state index contributed by atoms with van der Waals surface area (Å²) in [7, 11) is 0. The fraction of sp³-hybridized carbons (Fsp3) is 0.188. The second-order valence-electron chi connectivity index (χ2n) is 5.26. The van der Waals surface area contributed by atoms with Gasteiger partial charge in [0.05, 0.1) is 17.0 Å². The maximum absolute atomic E-state index is 12.9. The zero-order chi connectivity index (χ0) is 18.7. The summed E-state index contributed by atoms with van der Waals surface area (Å²) in [6.07, 6.45) is -1.39. The van der Waals surface area contributed by atoms with E-state index >= 15 is 0 Å². The van der Waals surface area contributed by atoms with Crippen molar-refractivity contribution < 1.29 is 18.0 Å². The van der Waals surface area contributed by atoms with Crippen LogP contribution in [0, 0.1) is 6.92 Å². The lowest BCUT2D eigenvalue weighted by Crippen LogP contribution is -2.14.